The lowest BCUT2D eigenvalue weighted by atomic mass is 10.2. The van der Waals surface area contributed by atoms with Gasteiger partial charge in [0.2, 0.25) is 0 Å². The van der Waals surface area contributed by atoms with E-state index in [0.717, 1.165) is 21.4 Å². The van der Waals surface area contributed by atoms with E-state index in [0.29, 0.717) is 23.4 Å². The molecule has 2 N–H and O–H groups in total. The van der Waals surface area contributed by atoms with Crippen LogP contribution in [-0.4, -0.2) is 25.4 Å². The Labute approximate surface area is 162 Å². The second kappa shape index (κ2) is 6.58. The first-order valence-corrected chi connectivity index (χ1v) is 9.47. The first-order chi connectivity index (χ1) is 13.7. The summed E-state index contributed by atoms with van der Waals surface area (Å²) >= 11 is 1.49. The number of anilines is 1. The number of carbonyl (C=O) groups excluding carboxylic acids is 1. The number of nitrogens with one attached hydrogen (secondary N) is 2. The molecule has 0 saturated carbocycles. The molecule has 0 fully saturated rings. The van der Waals surface area contributed by atoms with Crippen molar-refractivity contribution in [2.24, 2.45) is 0 Å². The molecule has 28 heavy (non-hydrogen) atoms. The van der Waals surface area contributed by atoms with Crippen LogP contribution in [-0.2, 0) is 6.54 Å². The Morgan fingerprint density at radius 3 is 2.96 bits per heavy atom. The number of nitrogens with zero attached hydrogens (tertiary/aromatic N) is 3. The molecule has 138 valence electrons. The Morgan fingerprint density at radius 1 is 1.18 bits per heavy atom. The molecule has 0 aliphatic carbocycles. The van der Waals surface area contributed by atoms with Crippen LogP contribution in [0.1, 0.15) is 15.5 Å². The van der Waals surface area contributed by atoms with Crippen molar-refractivity contribution in [3.8, 4) is 0 Å². The summed E-state index contributed by atoms with van der Waals surface area (Å²) in [6.45, 7) is 0.391. The molecule has 0 atom stereocenters. The average Bonchev–Trinajstić information content (AvgIpc) is 3.42. The summed E-state index contributed by atoms with van der Waals surface area (Å²) in [6, 6.07) is 10.0. The number of benzene rings is 1. The van der Waals surface area contributed by atoms with Crippen LogP contribution in [0.5, 0.6) is 0 Å². The van der Waals surface area contributed by atoms with Gasteiger partial charge in [-0.3, -0.25) is 4.79 Å². The molecular weight excluding hydrogens is 377 g/mol. The van der Waals surface area contributed by atoms with Crippen molar-refractivity contribution in [3.05, 3.63) is 76.9 Å². The van der Waals surface area contributed by atoms with E-state index in [1.807, 2.05) is 17.5 Å². The highest BCUT2D eigenvalue weighted by Gasteiger charge is 2.18. The highest BCUT2D eigenvalue weighted by molar-refractivity contribution is 7.09. The van der Waals surface area contributed by atoms with Crippen LogP contribution in [0.3, 0.4) is 0 Å². The number of halogens is 1. The van der Waals surface area contributed by atoms with Crippen LogP contribution in [0, 0.1) is 5.82 Å². The second-order valence-corrected chi connectivity index (χ2v) is 7.32. The molecule has 0 aliphatic rings. The van der Waals surface area contributed by atoms with Crippen molar-refractivity contribution < 1.29 is 9.18 Å². The highest BCUT2D eigenvalue weighted by atomic mass is 32.1. The topological polar surface area (TPSA) is 75.6 Å². The maximum Gasteiger partial charge on any atom is 0.272 e. The maximum absolute atomic E-state index is 13.8. The summed E-state index contributed by atoms with van der Waals surface area (Å²) < 4.78 is 15.6. The molecule has 8 heteroatoms. The van der Waals surface area contributed by atoms with E-state index in [1.165, 1.54) is 23.5 Å². The van der Waals surface area contributed by atoms with Gasteiger partial charge >= 0.3 is 0 Å². The number of carbonyl (C=O) groups is 1. The second-order valence-electron chi connectivity index (χ2n) is 6.34. The molecule has 0 bridgehead atoms. The van der Waals surface area contributed by atoms with Crippen molar-refractivity contribution in [3.63, 3.8) is 0 Å². The molecule has 0 unspecified atom stereocenters. The van der Waals surface area contributed by atoms with Gasteiger partial charge in [-0.1, -0.05) is 0 Å². The first kappa shape index (κ1) is 16.6. The third kappa shape index (κ3) is 2.93. The summed E-state index contributed by atoms with van der Waals surface area (Å²) in [5.41, 5.74) is 2.44. The fraction of sp³-hybridized carbons (Fsp3) is 0.0500. The van der Waals surface area contributed by atoms with Gasteiger partial charge in [-0.15, -0.1) is 11.3 Å². The predicted molar refractivity (Wildman–Crippen MR) is 107 cm³/mol. The van der Waals surface area contributed by atoms with Crippen LogP contribution >= 0.6 is 11.3 Å². The van der Waals surface area contributed by atoms with Gasteiger partial charge in [0.05, 0.1) is 23.9 Å². The van der Waals surface area contributed by atoms with Gasteiger partial charge in [0.1, 0.15) is 22.2 Å². The number of thiazole rings is 1. The van der Waals surface area contributed by atoms with Crippen molar-refractivity contribution >= 4 is 44.9 Å². The van der Waals surface area contributed by atoms with Crippen LogP contribution in [0.15, 0.2) is 60.4 Å². The number of rotatable bonds is 4. The fourth-order valence-electron chi connectivity index (χ4n) is 3.26. The number of amides is 1. The van der Waals surface area contributed by atoms with E-state index in [2.05, 4.69) is 20.3 Å². The van der Waals surface area contributed by atoms with Crippen molar-refractivity contribution in [1.29, 1.82) is 0 Å². The van der Waals surface area contributed by atoms with Gasteiger partial charge in [0.15, 0.2) is 0 Å². The first-order valence-electron chi connectivity index (χ1n) is 8.59. The van der Waals surface area contributed by atoms with Crippen molar-refractivity contribution in [2.45, 2.75) is 6.54 Å². The molecule has 0 radical (unpaired) electrons. The normalized spacial score (nSPS) is 11.3. The van der Waals surface area contributed by atoms with Crippen LogP contribution in [0.2, 0.25) is 0 Å². The van der Waals surface area contributed by atoms with Gasteiger partial charge in [0.25, 0.3) is 5.91 Å². The van der Waals surface area contributed by atoms with Crippen molar-refractivity contribution in [1.82, 2.24) is 19.5 Å². The molecule has 1 amide bonds. The molecule has 1 aromatic carbocycles. The monoisotopic (exact) mass is 391 g/mol. The summed E-state index contributed by atoms with van der Waals surface area (Å²) in [6.07, 6.45) is 5.11. The van der Waals surface area contributed by atoms with Gasteiger partial charge in [-0.05, 0) is 36.4 Å². The lowest BCUT2D eigenvalue weighted by Gasteiger charge is -2.10. The minimum Gasteiger partial charge on any atom is -0.346 e. The number of hydrogen-bond donors (Lipinski definition) is 2. The summed E-state index contributed by atoms with van der Waals surface area (Å²) in [5, 5.41) is 7.30. The zero-order valence-corrected chi connectivity index (χ0v) is 15.3. The quantitative estimate of drug-likeness (QED) is 0.476. The Hall–Kier alpha value is -3.52. The molecule has 5 aromatic rings. The molecule has 0 aliphatic heterocycles. The summed E-state index contributed by atoms with van der Waals surface area (Å²) in [4.78, 5) is 24.6. The van der Waals surface area contributed by atoms with E-state index in [4.69, 9.17) is 0 Å². The minimum absolute atomic E-state index is 0.287. The Morgan fingerprint density at radius 2 is 2.11 bits per heavy atom. The molecular formula is C20H14FN5OS. The van der Waals surface area contributed by atoms with Gasteiger partial charge in [0, 0.05) is 28.5 Å². The average molecular weight is 391 g/mol. The molecule has 0 spiro atoms. The summed E-state index contributed by atoms with van der Waals surface area (Å²) in [7, 11) is 0. The third-order valence-electron chi connectivity index (χ3n) is 4.53. The molecule has 4 aromatic heterocycles. The van der Waals surface area contributed by atoms with Crippen LogP contribution < -0.4 is 5.32 Å². The Balaban J connectivity index is 1.55. The van der Waals surface area contributed by atoms with Gasteiger partial charge < -0.3 is 14.9 Å². The third-order valence-corrected chi connectivity index (χ3v) is 5.30. The fourth-order valence-corrected chi connectivity index (χ4v) is 3.86. The number of fused-ring (bicyclic) bond motifs is 2. The highest BCUT2D eigenvalue weighted by Crippen LogP contribution is 2.24. The largest absolute Gasteiger partial charge is 0.346 e. The molecule has 4 heterocycles. The number of H-pyrrole nitrogens is 1. The smallest absolute Gasteiger partial charge is 0.272 e. The van der Waals surface area contributed by atoms with E-state index >= 15 is 0 Å². The van der Waals surface area contributed by atoms with Gasteiger partial charge in [-0.2, -0.15) is 0 Å². The number of aromatic amines is 1. The van der Waals surface area contributed by atoms with Gasteiger partial charge in [-0.25, -0.2) is 14.4 Å². The van der Waals surface area contributed by atoms with Crippen molar-refractivity contribution in [2.75, 3.05) is 5.32 Å². The van der Waals surface area contributed by atoms with Crippen LogP contribution in [0.25, 0.3) is 21.9 Å². The zero-order chi connectivity index (χ0) is 19.1. The van der Waals surface area contributed by atoms with E-state index in [-0.39, 0.29) is 11.7 Å². The van der Waals surface area contributed by atoms with E-state index in [1.54, 1.807) is 35.3 Å². The predicted octanol–water partition coefficient (Wildman–Crippen LogP) is 4.41. The van der Waals surface area contributed by atoms with E-state index < -0.39 is 0 Å². The molecule has 0 saturated heterocycles. The SMILES string of the molecule is O=C(Nc1cnc2[nH]ccc2c1)c1cc2ccc(F)cc2n1Cc1nccs1. The summed E-state index contributed by atoms with van der Waals surface area (Å²) in [5.74, 6) is -0.634. The lowest BCUT2D eigenvalue weighted by molar-refractivity contribution is 0.101. The molecule has 6 nitrogen and oxygen atoms in total. The zero-order valence-electron chi connectivity index (χ0n) is 14.5. The molecule has 5 rings (SSSR count). The lowest BCUT2D eigenvalue weighted by Crippen LogP contribution is -2.17. The maximum atomic E-state index is 13.8. The number of pyridine rings is 1. The van der Waals surface area contributed by atoms with E-state index in [9.17, 15) is 9.18 Å². The number of aromatic nitrogens is 4. The Bertz CT molecular complexity index is 1310. The standard InChI is InChI=1S/C20H14FN5OS/c21-14-2-1-12-8-17(26(16(12)9-14)11-18-22-5-6-28-18)20(27)25-15-7-13-3-4-23-19(13)24-10-15/h1-10H,11H2,(H,23,24)(H,25,27). The number of hydrogen-bond acceptors (Lipinski definition) is 4. The Kier molecular flexibility index (Phi) is 3.91. The van der Waals surface area contributed by atoms with Crippen LogP contribution in [0.4, 0.5) is 10.1 Å². The minimum atomic E-state index is -0.347.